The molecule has 1 aromatic carbocycles. The number of allylic oxidation sites excluding steroid dienone is 1. The van der Waals surface area contributed by atoms with Gasteiger partial charge in [-0.15, -0.1) is 0 Å². The normalized spacial score (nSPS) is 11.1. The predicted octanol–water partition coefficient (Wildman–Crippen LogP) is 6.54. The number of methoxy groups -OCH3 is 1. The molecule has 0 saturated heterocycles. The minimum absolute atomic E-state index is 0.0966. The van der Waals surface area contributed by atoms with Gasteiger partial charge in [-0.1, -0.05) is 45.1 Å². The summed E-state index contributed by atoms with van der Waals surface area (Å²) in [5.74, 6) is 0.149. The van der Waals surface area contributed by atoms with Crippen molar-refractivity contribution < 1.29 is 28.7 Å². The zero-order chi connectivity index (χ0) is 29.6. The van der Waals surface area contributed by atoms with Crippen molar-refractivity contribution in [3.63, 3.8) is 0 Å². The van der Waals surface area contributed by atoms with Gasteiger partial charge >= 0.3 is 5.97 Å². The molecular weight excluding hydrogens is 508 g/mol. The second-order valence-electron chi connectivity index (χ2n) is 10.1. The highest BCUT2D eigenvalue weighted by atomic mass is 16.5. The van der Waals surface area contributed by atoms with E-state index in [-0.39, 0.29) is 30.6 Å². The van der Waals surface area contributed by atoms with Gasteiger partial charge in [-0.3, -0.25) is 19.2 Å². The molecule has 0 aliphatic rings. The van der Waals surface area contributed by atoms with Crippen LogP contribution in [-0.2, 0) is 30.3 Å². The Bertz CT molecular complexity index is 984. The summed E-state index contributed by atoms with van der Waals surface area (Å²) in [4.78, 5) is 49.1. The summed E-state index contributed by atoms with van der Waals surface area (Å²) in [6.07, 6.45) is 18.2. The third-order valence-electron chi connectivity index (χ3n) is 6.39. The molecule has 1 rings (SSSR count). The van der Waals surface area contributed by atoms with Crippen molar-refractivity contribution >= 4 is 29.3 Å². The first-order chi connectivity index (χ1) is 19.3. The number of amides is 2. The molecule has 222 valence electrons. The molecule has 0 fully saturated rings. The van der Waals surface area contributed by atoms with Gasteiger partial charge in [0.1, 0.15) is 11.5 Å². The van der Waals surface area contributed by atoms with Gasteiger partial charge in [-0.05, 0) is 68.0 Å². The molecule has 0 atom stereocenters. The Morgan fingerprint density at radius 3 is 2.30 bits per heavy atom. The zero-order valence-corrected chi connectivity index (χ0v) is 24.8. The number of aryl methyl sites for hydroxylation is 1. The number of ketones is 1. The standard InChI is InChI=1S/C32H48N2O6/c1-5-6-7-8-9-12-16-28(35)17-13-10-11-14-24-40-29-22-21-27(25-26(29)20-23-32(38)39-4)33-30(36)18-15-19-31(37)34(2)3/h14-15,18,21-22,24-25H,5-13,16-17,19-20,23H2,1-4H3,(H,33,36). The maximum absolute atomic E-state index is 12.3. The lowest BCUT2D eigenvalue weighted by Gasteiger charge is -2.11. The maximum Gasteiger partial charge on any atom is 0.305 e. The molecule has 0 spiro atoms. The molecule has 8 heteroatoms. The second kappa shape index (κ2) is 21.4. The molecule has 1 aromatic rings. The van der Waals surface area contributed by atoms with Crippen LogP contribution in [0.3, 0.4) is 0 Å². The van der Waals surface area contributed by atoms with Crippen LogP contribution in [0.5, 0.6) is 5.75 Å². The third kappa shape index (κ3) is 16.5. The summed E-state index contributed by atoms with van der Waals surface area (Å²) in [7, 11) is 4.66. The van der Waals surface area contributed by atoms with Gasteiger partial charge in [-0.25, -0.2) is 0 Å². The Kier molecular flexibility index (Phi) is 18.5. The predicted molar refractivity (Wildman–Crippen MR) is 159 cm³/mol. The van der Waals surface area contributed by atoms with Crippen LogP contribution in [0, 0.1) is 0 Å². The van der Waals surface area contributed by atoms with Crippen LogP contribution in [0.1, 0.15) is 96.0 Å². The molecule has 40 heavy (non-hydrogen) atoms. The smallest absolute Gasteiger partial charge is 0.305 e. The lowest BCUT2D eigenvalue weighted by atomic mass is 10.0. The van der Waals surface area contributed by atoms with E-state index in [0.29, 0.717) is 36.5 Å². The van der Waals surface area contributed by atoms with E-state index < -0.39 is 0 Å². The van der Waals surface area contributed by atoms with Crippen molar-refractivity contribution in [2.24, 2.45) is 0 Å². The summed E-state index contributed by atoms with van der Waals surface area (Å²) < 4.78 is 10.6. The quantitative estimate of drug-likeness (QED) is 0.0799. The minimum Gasteiger partial charge on any atom is -0.469 e. The van der Waals surface area contributed by atoms with Gasteiger partial charge in [0.25, 0.3) is 0 Å². The van der Waals surface area contributed by atoms with Crippen LogP contribution >= 0.6 is 0 Å². The highest BCUT2D eigenvalue weighted by molar-refractivity contribution is 5.99. The van der Waals surface area contributed by atoms with E-state index in [9.17, 15) is 19.2 Å². The van der Waals surface area contributed by atoms with Crippen LogP contribution in [0.4, 0.5) is 5.69 Å². The second-order valence-corrected chi connectivity index (χ2v) is 10.1. The summed E-state index contributed by atoms with van der Waals surface area (Å²) in [5.41, 5.74) is 1.30. The van der Waals surface area contributed by atoms with E-state index in [1.807, 2.05) is 6.08 Å². The third-order valence-corrected chi connectivity index (χ3v) is 6.39. The van der Waals surface area contributed by atoms with Gasteiger partial charge in [0, 0.05) is 45.5 Å². The molecule has 0 aliphatic carbocycles. The fourth-order valence-electron chi connectivity index (χ4n) is 3.94. The Hall–Kier alpha value is -3.42. The van der Waals surface area contributed by atoms with E-state index in [2.05, 4.69) is 12.2 Å². The molecule has 0 saturated carbocycles. The molecule has 0 bridgehead atoms. The average Bonchev–Trinajstić information content (AvgIpc) is 2.93. The zero-order valence-electron chi connectivity index (χ0n) is 24.8. The summed E-state index contributed by atoms with van der Waals surface area (Å²) in [6.45, 7) is 2.21. The van der Waals surface area contributed by atoms with Crippen LogP contribution in [-0.4, -0.2) is 49.7 Å². The van der Waals surface area contributed by atoms with Crippen molar-refractivity contribution in [2.75, 3.05) is 26.5 Å². The largest absolute Gasteiger partial charge is 0.469 e. The Labute approximate surface area is 240 Å². The average molecular weight is 557 g/mol. The Balaban J connectivity index is 2.53. The molecule has 0 aliphatic heterocycles. The van der Waals surface area contributed by atoms with Gasteiger partial charge in [0.15, 0.2) is 0 Å². The van der Waals surface area contributed by atoms with Crippen molar-refractivity contribution in [1.82, 2.24) is 4.90 Å². The van der Waals surface area contributed by atoms with Crippen LogP contribution in [0.15, 0.2) is 42.7 Å². The molecule has 1 N–H and O–H groups in total. The number of nitrogens with one attached hydrogen (secondary N) is 1. The van der Waals surface area contributed by atoms with E-state index in [0.717, 1.165) is 37.7 Å². The number of carbonyl (C=O) groups excluding carboxylic acids is 4. The van der Waals surface area contributed by atoms with Gasteiger partial charge in [0.05, 0.1) is 13.4 Å². The van der Waals surface area contributed by atoms with E-state index >= 15 is 0 Å². The number of hydrogen-bond donors (Lipinski definition) is 1. The van der Waals surface area contributed by atoms with Crippen LogP contribution < -0.4 is 10.1 Å². The maximum atomic E-state index is 12.3. The molecule has 8 nitrogen and oxygen atoms in total. The number of esters is 1. The molecule has 0 unspecified atom stereocenters. The lowest BCUT2D eigenvalue weighted by molar-refractivity contribution is -0.140. The minimum atomic E-state index is -0.357. The molecule has 0 aromatic heterocycles. The van der Waals surface area contributed by atoms with Crippen molar-refractivity contribution in [2.45, 2.75) is 96.8 Å². The van der Waals surface area contributed by atoms with E-state index in [4.69, 9.17) is 9.47 Å². The molecular formula is C32H48N2O6. The lowest BCUT2D eigenvalue weighted by Crippen LogP contribution is -2.20. The van der Waals surface area contributed by atoms with Gasteiger partial charge in [-0.2, -0.15) is 0 Å². The number of rotatable bonds is 21. The number of unbranched alkanes of at least 4 members (excludes halogenated alkanes) is 7. The fraction of sp³-hybridized carbons (Fsp3) is 0.562. The summed E-state index contributed by atoms with van der Waals surface area (Å²) in [5, 5.41) is 2.77. The number of hydrogen-bond acceptors (Lipinski definition) is 6. The first-order valence-corrected chi connectivity index (χ1v) is 14.5. The highest BCUT2D eigenvalue weighted by Crippen LogP contribution is 2.25. The van der Waals surface area contributed by atoms with E-state index in [1.54, 1.807) is 38.6 Å². The molecule has 2 amide bonds. The summed E-state index contributed by atoms with van der Waals surface area (Å²) >= 11 is 0. The SMILES string of the molecule is CCCCCCCCC(=O)CCCCC=COc1ccc(NC(=O)C=CCC(=O)N(C)C)cc1CCC(=O)OC. The Morgan fingerprint density at radius 2 is 1.60 bits per heavy atom. The molecule has 0 heterocycles. The van der Waals surface area contributed by atoms with Crippen molar-refractivity contribution in [3.05, 3.63) is 48.3 Å². The monoisotopic (exact) mass is 556 g/mol. The number of carbonyl (C=O) groups is 4. The Morgan fingerprint density at radius 1 is 0.900 bits per heavy atom. The number of nitrogens with zero attached hydrogens (tertiary/aromatic N) is 1. The van der Waals surface area contributed by atoms with Gasteiger partial charge < -0.3 is 19.7 Å². The number of benzene rings is 1. The first kappa shape index (κ1) is 34.6. The van der Waals surface area contributed by atoms with E-state index in [1.165, 1.54) is 49.8 Å². The highest BCUT2D eigenvalue weighted by Gasteiger charge is 2.10. The van der Waals surface area contributed by atoms with Crippen molar-refractivity contribution in [1.29, 1.82) is 0 Å². The first-order valence-electron chi connectivity index (χ1n) is 14.5. The molecule has 0 radical (unpaired) electrons. The van der Waals surface area contributed by atoms with Crippen LogP contribution in [0.25, 0.3) is 0 Å². The number of Topliss-reactive ketones (excluding diaryl/α,β-unsaturated/α-hetero) is 1. The van der Waals surface area contributed by atoms with Crippen LogP contribution in [0.2, 0.25) is 0 Å². The topological polar surface area (TPSA) is 102 Å². The number of anilines is 1. The summed E-state index contributed by atoms with van der Waals surface area (Å²) in [6, 6.07) is 5.22. The fourth-order valence-corrected chi connectivity index (χ4v) is 3.94. The number of ether oxygens (including phenoxy) is 2. The van der Waals surface area contributed by atoms with Crippen molar-refractivity contribution in [3.8, 4) is 5.75 Å². The van der Waals surface area contributed by atoms with Gasteiger partial charge in [0.2, 0.25) is 11.8 Å².